The summed E-state index contributed by atoms with van der Waals surface area (Å²) >= 11 is 0. The molecular weight excluding hydrogens is 312 g/mol. The zero-order valence-corrected chi connectivity index (χ0v) is 13.7. The highest BCUT2D eigenvalue weighted by Crippen LogP contribution is 2.19. The maximum Gasteiger partial charge on any atom is 0.330 e. The van der Waals surface area contributed by atoms with E-state index in [1.165, 1.54) is 24.3 Å². The molecule has 0 aromatic heterocycles. The minimum Gasteiger partial charge on any atom is -0.481 e. The van der Waals surface area contributed by atoms with E-state index < -0.39 is 17.9 Å². The first-order valence-electron chi connectivity index (χ1n) is 7.51. The number of benzene rings is 1. The van der Waals surface area contributed by atoms with Gasteiger partial charge in [0.25, 0.3) is 0 Å². The smallest absolute Gasteiger partial charge is 0.330 e. The summed E-state index contributed by atoms with van der Waals surface area (Å²) in [4.78, 5) is 34.0. The van der Waals surface area contributed by atoms with Gasteiger partial charge in [-0.3, -0.25) is 4.79 Å². The van der Waals surface area contributed by atoms with Gasteiger partial charge in [0.05, 0.1) is 19.6 Å². The van der Waals surface area contributed by atoms with E-state index in [1.807, 2.05) is 0 Å². The summed E-state index contributed by atoms with van der Waals surface area (Å²) in [7, 11) is 0. The lowest BCUT2D eigenvalue weighted by molar-refractivity contribution is -0.138. The van der Waals surface area contributed by atoms with Gasteiger partial charge in [-0.1, -0.05) is 18.2 Å². The topological polar surface area (TPSA) is 89.9 Å². The van der Waals surface area contributed by atoms with Crippen LogP contribution in [0.1, 0.15) is 30.5 Å². The molecule has 1 aromatic rings. The van der Waals surface area contributed by atoms with Crippen LogP contribution in [0.3, 0.4) is 0 Å². The van der Waals surface area contributed by atoms with Crippen LogP contribution in [0.4, 0.5) is 0 Å². The molecule has 0 unspecified atom stereocenters. The third-order valence-corrected chi connectivity index (χ3v) is 2.95. The molecule has 0 atom stereocenters. The Kier molecular flexibility index (Phi) is 7.98. The normalized spacial score (nSPS) is 10.9. The van der Waals surface area contributed by atoms with Crippen molar-refractivity contribution in [3.63, 3.8) is 0 Å². The Balaban J connectivity index is 3.15. The second-order valence-corrected chi connectivity index (χ2v) is 4.66. The third kappa shape index (κ3) is 6.48. The summed E-state index contributed by atoms with van der Waals surface area (Å²) in [6.07, 6.45) is 5.23. The average Bonchev–Trinajstić information content (AvgIpc) is 2.52. The zero-order chi connectivity index (χ0) is 17.9. The van der Waals surface area contributed by atoms with Crippen molar-refractivity contribution in [3.05, 3.63) is 47.0 Å². The first-order valence-corrected chi connectivity index (χ1v) is 7.51. The number of aliphatic carboxylic acids is 1. The molecule has 0 spiro atoms. The van der Waals surface area contributed by atoms with E-state index >= 15 is 0 Å². The predicted octanol–water partition coefficient (Wildman–Crippen LogP) is 2.47. The Morgan fingerprint density at radius 1 is 0.958 bits per heavy atom. The van der Waals surface area contributed by atoms with Crippen molar-refractivity contribution < 1.29 is 29.0 Å². The van der Waals surface area contributed by atoms with Crippen molar-refractivity contribution >= 4 is 30.1 Å². The summed E-state index contributed by atoms with van der Waals surface area (Å²) in [5.41, 5.74) is 1.62. The van der Waals surface area contributed by atoms with Crippen LogP contribution in [0.5, 0.6) is 0 Å². The van der Waals surface area contributed by atoms with Crippen molar-refractivity contribution in [2.45, 2.75) is 20.3 Å². The molecule has 0 saturated heterocycles. The molecule has 1 aromatic carbocycles. The molecule has 0 radical (unpaired) electrons. The molecule has 6 heteroatoms. The summed E-state index contributed by atoms with van der Waals surface area (Å²) in [6, 6.07) is 5.09. The molecule has 0 fully saturated rings. The number of carbonyl (C=O) groups excluding carboxylic acids is 2. The highest BCUT2D eigenvalue weighted by Gasteiger charge is 2.10. The number of carboxylic acid groups (broad SMARTS) is 1. The Hall–Kier alpha value is -2.89. The van der Waals surface area contributed by atoms with Gasteiger partial charge in [-0.15, -0.1) is 0 Å². The summed E-state index contributed by atoms with van der Waals surface area (Å²) in [6.45, 7) is 3.91. The van der Waals surface area contributed by atoms with Gasteiger partial charge in [-0.25, -0.2) is 9.59 Å². The monoisotopic (exact) mass is 332 g/mol. The molecule has 0 heterocycles. The van der Waals surface area contributed by atoms with Crippen LogP contribution in [0.2, 0.25) is 0 Å². The highest BCUT2D eigenvalue weighted by atomic mass is 16.5. The minimum absolute atomic E-state index is 0.244. The van der Waals surface area contributed by atoms with Crippen LogP contribution in [-0.2, 0) is 30.3 Å². The molecule has 1 rings (SSSR count). The highest BCUT2D eigenvalue weighted by molar-refractivity contribution is 5.90. The Morgan fingerprint density at radius 3 is 1.79 bits per heavy atom. The zero-order valence-electron chi connectivity index (χ0n) is 13.7. The minimum atomic E-state index is -1.02. The van der Waals surface area contributed by atoms with Crippen LogP contribution >= 0.6 is 0 Å². The lowest BCUT2D eigenvalue weighted by Gasteiger charge is -2.08. The van der Waals surface area contributed by atoms with Crippen molar-refractivity contribution in [3.8, 4) is 0 Å². The number of carboxylic acids is 1. The molecule has 0 amide bonds. The lowest BCUT2D eigenvalue weighted by Crippen LogP contribution is -2.05. The maximum absolute atomic E-state index is 11.4. The van der Waals surface area contributed by atoms with Crippen molar-refractivity contribution in [2.75, 3.05) is 13.2 Å². The van der Waals surface area contributed by atoms with Crippen molar-refractivity contribution in [1.82, 2.24) is 0 Å². The molecule has 0 aliphatic carbocycles. The molecule has 1 N–H and O–H groups in total. The number of hydrogen-bond donors (Lipinski definition) is 1. The summed E-state index contributed by atoms with van der Waals surface area (Å²) in [5.74, 6) is -2.03. The van der Waals surface area contributed by atoms with Gasteiger partial charge in [0.1, 0.15) is 0 Å². The van der Waals surface area contributed by atoms with E-state index in [0.29, 0.717) is 16.7 Å². The average molecular weight is 332 g/mol. The van der Waals surface area contributed by atoms with E-state index in [4.69, 9.17) is 14.6 Å². The van der Waals surface area contributed by atoms with Crippen molar-refractivity contribution in [1.29, 1.82) is 0 Å². The molecule has 0 bridgehead atoms. The molecule has 0 aliphatic heterocycles. The largest absolute Gasteiger partial charge is 0.481 e. The van der Waals surface area contributed by atoms with Gasteiger partial charge in [0, 0.05) is 12.2 Å². The Bertz CT molecular complexity index is 611. The second kappa shape index (κ2) is 9.99. The quantitative estimate of drug-likeness (QED) is 0.581. The van der Waals surface area contributed by atoms with Crippen LogP contribution in [0.25, 0.3) is 12.2 Å². The summed E-state index contributed by atoms with van der Waals surface area (Å²) < 4.78 is 9.61. The third-order valence-electron chi connectivity index (χ3n) is 2.95. The van der Waals surface area contributed by atoms with E-state index in [-0.39, 0.29) is 19.6 Å². The SMILES string of the molecule is CCOC(=O)/C=C\c1cccc(/C=C/C(=O)OCC)c1CC(=O)O. The van der Waals surface area contributed by atoms with E-state index in [9.17, 15) is 14.4 Å². The fourth-order valence-corrected chi connectivity index (χ4v) is 1.99. The lowest BCUT2D eigenvalue weighted by atomic mass is 9.97. The van der Waals surface area contributed by atoms with E-state index in [1.54, 1.807) is 32.0 Å². The first kappa shape index (κ1) is 19.2. The number of hydrogen-bond acceptors (Lipinski definition) is 5. The van der Waals surface area contributed by atoms with Crippen LogP contribution in [0.15, 0.2) is 30.4 Å². The number of ether oxygens (including phenoxy) is 2. The maximum atomic E-state index is 11.4. The van der Waals surface area contributed by atoms with Gasteiger partial charge >= 0.3 is 17.9 Å². The molecule has 128 valence electrons. The Morgan fingerprint density at radius 2 is 1.42 bits per heavy atom. The standard InChI is InChI=1S/C18H20O6/c1-3-23-17(21)10-8-13-6-5-7-14(15(13)12-16(19)20)9-11-18(22)24-4-2/h5-11H,3-4,12H2,1-2H3,(H,19,20)/b10-8-,11-9+. The second-order valence-electron chi connectivity index (χ2n) is 4.66. The van der Waals surface area contributed by atoms with Crippen LogP contribution in [0, 0.1) is 0 Å². The molecule has 24 heavy (non-hydrogen) atoms. The van der Waals surface area contributed by atoms with Crippen molar-refractivity contribution in [2.24, 2.45) is 0 Å². The fraction of sp³-hybridized carbons (Fsp3) is 0.278. The van der Waals surface area contributed by atoms with Gasteiger partial charge in [0.15, 0.2) is 0 Å². The van der Waals surface area contributed by atoms with Crippen LogP contribution < -0.4 is 0 Å². The van der Waals surface area contributed by atoms with Gasteiger partial charge < -0.3 is 14.6 Å². The molecule has 0 saturated carbocycles. The van der Waals surface area contributed by atoms with Gasteiger partial charge in [-0.05, 0) is 42.7 Å². The van der Waals surface area contributed by atoms with Gasteiger partial charge in [-0.2, -0.15) is 0 Å². The number of rotatable bonds is 8. The fourth-order valence-electron chi connectivity index (χ4n) is 1.99. The van der Waals surface area contributed by atoms with E-state index in [0.717, 1.165) is 0 Å². The predicted molar refractivity (Wildman–Crippen MR) is 89.1 cm³/mol. The summed E-state index contributed by atoms with van der Waals surface area (Å²) in [5, 5.41) is 9.11. The first-order chi connectivity index (χ1) is 11.5. The van der Waals surface area contributed by atoms with E-state index in [2.05, 4.69) is 0 Å². The van der Waals surface area contributed by atoms with Crippen LogP contribution in [-0.4, -0.2) is 36.2 Å². The Labute approximate surface area is 140 Å². The molecule has 6 nitrogen and oxygen atoms in total. The number of carbonyl (C=O) groups is 3. The number of esters is 2. The molecular formula is C18H20O6. The van der Waals surface area contributed by atoms with Gasteiger partial charge in [0.2, 0.25) is 0 Å². The molecule has 0 aliphatic rings.